The standard InChI is InChI=1S/C20H19BClN3/c1-14-13-17(9-6-15-4-7-16(22)8-5-15)24-20(14)18(10-11-23)19-3-2-12-25(19)21/h2-9,12-13H,10-11,23H2,1H3/b9-6+,20-18-. The van der Waals surface area contributed by atoms with E-state index in [9.17, 15) is 0 Å². The lowest BCUT2D eigenvalue weighted by molar-refractivity contribution is 0.997. The van der Waals surface area contributed by atoms with Crippen molar-refractivity contribution >= 4 is 36.9 Å². The van der Waals surface area contributed by atoms with E-state index in [1.807, 2.05) is 54.7 Å². The Morgan fingerprint density at radius 1 is 1.24 bits per heavy atom. The smallest absolute Gasteiger partial charge is 0.234 e. The van der Waals surface area contributed by atoms with Crippen molar-refractivity contribution in [1.29, 1.82) is 0 Å². The van der Waals surface area contributed by atoms with Crippen molar-refractivity contribution in [3.8, 4) is 0 Å². The molecule has 0 amide bonds. The van der Waals surface area contributed by atoms with Gasteiger partial charge >= 0.3 is 0 Å². The second kappa shape index (κ2) is 7.73. The van der Waals surface area contributed by atoms with Crippen LogP contribution in [0.15, 0.2) is 71.0 Å². The first kappa shape index (κ1) is 17.5. The summed E-state index contributed by atoms with van der Waals surface area (Å²) >= 11 is 5.92. The molecule has 3 rings (SSSR count). The number of allylic oxidation sites excluding steroid dienone is 3. The van der Waals surface area contributed by atoms with E-state index in [-0.39, 0.29) is 0 Å². The third kappa shape index (κ3) is 4.03. The molecule has 1 aromatic heterocycles. The van der Waals surface area contributed by atoms with E-state index in [4.69, 9.17) is 30.3 Å². The highest BCUT2D eigenvalue weighted by molar-refractivity contribution is 6.30. The number of nitrogens with zero attached hydrogens (tertiary/aromatic N) is 2. The number of rotatable bonds is 5. The predicted octanol–water partition coefficient (Wildman–Crippen LogP) is 4.25. The van der Waals surface area contributed by atoms with Crippen molar-refractivity contribution in [2.75, 3.05) is 6.54 Å². The molecule has 2 N–H and O–H groups in total. The van der Waals surface area contributed by atoms with E-state index in [1.165, 1.54) is 0 Å². The summed E-state index contributed by atoms with van der Waals surface area (Å²) in [5.41, 5.74) is 11.9. The summed E-state index contributed by atoms with van der Waals surface area (Å²) in [6.45, 7) is 2.60. The van der Waals surface area contributed by atoms with E-state index in [0.717, 1.165) is 45.3 Å². The Bertz CT molecular complexity index is 886. The molecule has 124 valence electrons. The lowest BCUT2D eigenvalue weighted by Crippen LogP contribution is -2.05. The topological polar surface area (TPSA) is 43.3 Å². The van der Waals surface area contributed by atoms with Gasteiger partial charge in [0, 0.05) is 16.3 Å². The molecule has 0 atom stereocenters. The quantitative estimate of drug-likeness (QED) is 0.807. The Hall–Kier alpha value is -2.30. The second-order valence-electron chi connectivity index (χ2n) is 5.92. The number of halogens is 1. The summed E-state index contributed by atoms with van der Waals surface area (Å²) in [4.78, 5) is 4.78. The third-order valence-electron chi connectivity index (χ3n) is 4.06. The Morgan fingerprint density at radius 2 is 2.00 bits per heavy atom. The molecule has 5 heteroatoms. The fourth-order valence-corrected chi connectivity index (χ4v) is 2.97. The van der Waals surface area contributed by atoms with Crippen molar-refractivity contribution in [2.45, 2.75) is 13.3 Å². The van der Waals surface area contributed by atoms with E-state index < -0.39 is 0 Å². The van der Waals surface area contributed by atoms with Crippen LogP contribution in [0.5, 0.6) is 0 Å². The minimum atomic E-state index is 0.544. The van der Waals surface area contributed by atoms with Crippen LogP contribution in [0.3, 0.4) is 0 Å². The van der Waals surface area contributed by atoms with Crippen molar-refractivity contribution in [3.63, 3.8) is 0 Å². The van der Waals surface area contributed by atoms with E-state index in [1.54, 1.807) is 4.48 Å². The zero-order valence-corrected chi connectivity index (χ0v) is 14.9. The van der Waals surface area contributed by atoms with Gasteiger partial charge in [0.1, 0.15) is 0 Å². The number of hydrogen-bond acceptors (Lipinski definition) is 2. The maximum absolute atomic E-state index is 6.02. The van der Waals surface area contributed by atoms with Crippen LogP contribution in [0.25, 0.3) is 11.6 Å². The van der Waals surface area contributed by atoms with Crippen molar-refractivity contribution < 1.29 is 0 Å². The summed E-state index contributed by atoms with van der Waals surface area (Å²) in [6.07, 6.45) is 8.64. The molecule has 25 heavy (non-hydrogen) atoms. The minimum Gasteiger partial charge on any atom is -0.403 e. The summed E-state index contributed by atoms with van der Waals surface area (Å²) in [7, 11) is 6.02. The van der Waals surface area contributed by atoms with Gasteiger partial charge in [-0.2, -0.15) is 0 Å². The molecule has 2 aromatic rings. The molecule has 1 aromatic carbocycles. The Labute approximate surface area is 154 Å². The van der Waals surface area contributed by atoms with Crippen LogP contribution in [0.1, 0.15) is 24.6 Å². The van der Waals surface area contributed by atoms with Crippen molar-refractivity contribution in [1.82, 2.24) is 4.48 Å². The highest BCUT2D eigenvalue weighted by atomic mass is 35.5. The van der Waals surface area contributed by atoms with Crippen LogP contribution >= 0.6 is 11.6 Å². The van der Waals surface area contributed by atoms with Gasteiger partial charge in [0.15, 0.2) is 0 Å². The highest BCUT2D eigenvalue weighted by Crippen LogP contribution is 2.30. The molecule has 2 radical (unpaired) electrons. The number of aromatic nitrogens is 1. The van der Waals surface area contributed by atoms with Crippen LogP contribution in [0.2, 0.25) is 5.02 Å². The van der Waals surface area contributed by atoms with E-state index in [2.05, 4.69) is 13.0 Å². The number of benzene rings is 1. The first-order valence-electron chi connectivity index (χ1n) is 8.15. The molecule has 0 unspecified atom stereocenters. The summed E-state index contributed by atoms with van der Waals surface area (Å²) in [6, 6.07) is 11.6. The molecule has 3 nitrogen and oxygen atoms in total. The van der Waals surface area contributed by atoms with Gasteiger partial charge in [-0.3, -0.25) is 0 Å². The molecule has 1 aliphatic heterocycles. The lowest BCUT2D eigenvalue weighted by Gasteiger charge is -2.11. The molecule has 0 spiro atoms. The maximum Gasteiger partial charge on any atom is 0.234 e. The van der Waals surface area contributed by atoms with Gasteiger partial charge in [-0.15, -0.1) is 0 Å². The first-order valence-corrected chi connectivity index (χ1v) is 8.53. The Morgan fingerprint density at radius 3 is 2.64 bits per heavy atom. The third-order valence-corrected chi connectivity index (χ3v) is 4.32. The van der Waals surface area contributed by atoms with Gasteiger partial charge in [-0.05, 0) is 73.6 Å². The van der Waals surface area contributed by atoms with Crippen LogP contribution in [0.4, 0.5) is 0 Å². The average molecular weight is 348 g/mol. The van der Waals surface area contributed by atoms with Crippen LogP contribution in [0, 0.1) is 0 Å². The largest absolute Gasteiger partial charge is 0.403 e. The zero-order chi connectivity index (χ0) is 17.8. The highest BCUT2D eigenvalue weighted by Gasteiger charge is 2.16. The van der Waals surface area contributed by atoms with Gasteiger partial charge in [0.05, 0.1) is 11.4 Å². The van der Waals surface area contributed by atoms with Crippen LogP contribution in [-0.4, -0.2) is 24.7 Å². The SMILES string of the molecule is [B]n1cccc1/C(CCN)=C1N=C(/C=C/c2ccc(Cl)cc2)C=C\1C. The van der Waals surface area contributed by atoms with Gasteiger partial charge in [-0.1, -0.05) is 29.8 Å². The van der Waals surface area contributed by atoms with Crippen molar-refractivity contribution in [3.05, 3.63) is 82.3 Å². The first-order chi connectivity index (χ1) is 12.1. The molecule has 2 heterocycles. The van der Waals surface area contributed by atoms with Crippen LogP contribution in [-0.2, 0) is 0 Å². The zero-order valence-electron chi connectivity index (χ0n) is 14.1. The van der Waals surface area contributed by atoms with Gasteiger partial charge in [0.2, 0.25) is 7.98 Å². The second-order valence-corrected chi connectivity index (χ2v) is 6.35. The molecule has 0 saturated carbocycles. The average Bonchev–Trinajstić information content (AvgIpc) is 3.18. The molecule has 0 fully saturated rings. The molecule has 0 saturated heterocycles. The predicted molar refractivity (Wildman–Crippen MR) is 108 cm³/mol. The molecule has 0 aliphatic carbocycles. The molecule has 0 bridgehead atoms. The summed E-state index contributed by atoms with van der Waals surface area (Å²) < 4.78 is 1.61. The molecule has 1 aliphatic rings. The fourth-order valence-electron chi connectivity index (χ4n) is 2.85. The minimum absolute atomic E-state index is 0.544. The lowest BCUT2D eigenvalue weighted by atomic mass is 10.0. The van der Waals surface area contributed by atoms with Crippen LogP contribution < -0.4 is 5.73 Å². The number of nitrogens with two attached hydrogens (primary N) is 1. The fraction of sp³-hybridized carbons (Fsp3) is 0.150. The summed E-state index contributed by atoms with van der Waals surface area (Å²) in [5.74, 6) is 0. The Kier molecular flexibility index (Phi) is 5.42. The van der Waals surface area contributed by atoms with Gasteiger partial charge < -0.3 is 10.2 Å². The normalized spacial score (nSPS) is 16.3. The van der Waals surface area contributed by atoms with E-state index in [0.29, 0.717) is 6.54 Å². The van der Waals surface area contributed by atoms with Gasteiger partial charge in [-0.25, -0.2) is 4.99 Å². The monoisotopic (exact) mass is 347 g/mol. The summed E-state index contributed by atoms with van der Waals surface area (Å²) in [5, 5.41) is 0.729. The number of aliphatic imine (C=N–C) groups is 1. The Balaban J connectivity index is 1.93. The van der Waals surface area contributed by atoms with Crippen molar-refractivity contribution in [2.24, 2.45) is 10.7 Å². The van der Waals surface area contributed by atoms with E-state index >= 15 is 0 Å². The molecular formula is C20H19BClN3. The van der Waals surface area contributed by atoms with Gasteiger partial charge in [0.25, 0.3) is 0 Å². The maximum atomic E-state index is 6.02. The number of hydrogen-bond donors (Lipinski definition) is 1. The molecular weight excluding hydrogens is 329 g/mol.